The zero-order valence-corrected chi connectivity index (χ0v) is 30.5. The second kappa shape index (κ2) is 11.5. The van der Waals surface area contributed by atoms with Gasteiger partial charge in [0.2, 0.25) is 0 Å². The van der Waals surface area contributed by atoms with Crippen molar-refractivity contribution in [3.63, 3.8) is 0 Å². The number of rotatable bonds is 4. The summed E-state index contributed by atoms with van der Waals surface area (Å²) in [6.07, 6.45) is 7.81. The molecule has 6 heterocycles. The third kappa shape index (κ3) is 4.73. The highest BCUT2D eigenvalue weighted by atomic mass is 16.5. The van der Waals surface area contributed by atoms with Gasteiger partial charge in [0.25, 0.3) is 0 Å². The van der Waals surface area contributed by atoms with Gasteiger partial charge >= 0.3 is 0 Å². The highest BCUT2D eigenvalue weighted by Crippen LogP contribution is 2.39. The van der Waals surface area contributed by atoms with Crippen molar-refractivity contribution in [3.8, 4) is 34.0 Å². The number of ether oxygens (including phenoxy) is 1. The predicted molar refractivity (Wildman–Crippen MR) is 215 cm³/mol. The Bertz CT molecular complexity index is 3080. The number of aryl methyl sites for hydroxylation is 6. The van der Waals surface area contributed by atoms with Crippen molar-refractivity contribution in [2.45, 2.75) is 41.5 Å². The van der Waals surface area contributed by atoms with Gasteiger partial charge in [0.1, 0.15) is 28.4 Å². The molecule has 0 unspecified atom stereocenters. The van der Waals surface area contributed by atoms with E-state index in [9.17, 15) is 0 Å². The molecule has 10 aromatic rings. The molecule has 0 spiro atoms. The van der Waals surface area contributed by atoms with E-state index in [-0.39, 0.29) is 0 Å². The van der Waals surface area contributed by atoms with Crippen LogP contribution in [0.25, 0.3) is 77.4 Å². The average molecular weight is 689 g/mol. The number of pyridine rings is 4. The summed E-state index contributed by atoms with van der Waals surface area (Å²) in [5.41, 5.74) is 16.2. The first-order valence-corrected chi connectivity index (χ1v) is 18.0. The van der Waals surface area contributed by atoms with Gasteiger partial charge in [-0.2, -0.15) is 0 Å². The summed E-state index contributed by atoms with van der Waals surface area (Å²) in [7, 11) is 0. The lowest BCUT2D eigenvalue weighted by atomic mass is 9.97. The highest BCUT2D eigenvalue weighted by molar-refractivity contribution is 6.12. The lowest BCUT2D eigenvalue weighted by molar-refractivity contribution is 0.484. The Hall–Kier alpha value is -6.60. The minimum atomic E-state index is 0.717. The van der Waals surface area contributed by atoms with Crippen molar-refractivity contribution < 1.29 is 4.74 Å². The lowest BCUT2D eigenvalue weighted by Crippen LogP contribution is -1.98. The average Bonchev–Trinajstić information content (AvgIpc) is 3.77. The summed E-state index contributed by atoms with van der Waals surface area (Å²) < 4.78 is 11.1. The first-order chi connectivity index (χ1) is 25.7. The second-order valence-electron chi connectivity index (χ2n) is 14.4. The van der Waals surface area contributed by atoms with E-state index in [4.69, 9.17) is 24.7 Å². The topological polar surface area (TPSA) is 69.6 Å². The summed E-state index contributed by atoms with van der Waals surface area (Å²) in [5.74, 6) is 1.44. The molecule has 0 saturated heterocycles. The summed E-state index contributed by atoms with van der Waals surface area (Å²) in [6, 6.07) is 29.6. The van der Waals surface area contributed by atoms with Crippen molar-refractivity contribution >= 4 is 54.9 Å². The Morgan fingerprint density at radius 3 is 1.87 bits per heavy atom. The van der Waals surface area contributed by atoms with Crippen LogP contribution in [0.1, 0.15) is 33.4 Å². The second-order valence-corrected chi connectivity index (χ2v) is 14.4. The van der Waals surface area contributed by atoms with E-state index in [0.29, 0.717) is 0 Å². The van der Waals surface area contributed by atoms with Crippen molar-refractivity contribution in [2.24, 2.45) is 0 Å². The molecule has 0 aliphatic rings. The van der Waals surface area contributed by atoms with Crippen LogP contribution in [-0.2, 0) is 0 Å². The molecular formula is C46H36N6O. The molecule has 0 saturated carbocycles. The van der Waals surface area contributed by atoms with Crippen LogP contribution in [0.4, 0.5) is 0 Å². The maximum atomic E-state index is 6.69. The van der Waals surface area contributed by atoms with Gasteiger partial charge in [0.05, 0.1) is 28.6 Å². The van der Waals surface area contributed by atoms with Crippen LogP contribution in [0.5, 0.6) is 11.5 Å². The largest absolute Gasteiger partial charge is 0.457 e. The van der Waals surface area contributed by atoms with E-state index in [1.54, 1.807) is 0 Å². The third-order valence-electron chi connectivity index (χ3n) is 10.6. The molecule has 0 N–H and O–H groups in total. The molecule has 6 aromatic heterocycles. The third-order valence-corrected chi connectivity index (χ3v) is 10.6. The molecule has 4 aromatic carbocycles. The van der Waals surface area contributed by atoms with Crippen LogP contribution in [0.2, 0.25) is 0 Å². The van der Waals surface area contributed by atoms with E-state index < -0.39 is 0 Å². The molecule has 0 amide bonds. The first kappa shape index (κ1) is 31.2. The molecule has 0 atom stereocenters. The minimum absolute atomic E-state index is 0.717. The Morgan fingerprint density at radius 1 is 0.528 bits per heavy atom. The number of imidazole rings is 2. The van der Waals surface area contributed by atoms with E-state index in [2.05, 4.69) is 117 Å². The van der Waals surface area contributed by atoms with Crippen LogP contribution in [-0.4, -0.2) is 28.7 Å². The Kier molecular flexibility index (Phi) is 6.73. The van der Waals surface area contributed by atoms with Crippen molar-refractivity contribution in [1.82, 2.24) is 28.7 Å². The van der Waals surface area contributed by atoms with Gasteiger partial charge in [0.15, 0.2) is 0 Å². The van der Waals surface area contributed by atoms with Crippen molar-refractivity contribution in [2.75, 3.05) is 0 Å². The quantitative estimate of drug-likeness (QED) is 0.172. The van der Waals surface area contributed by atoms with Gasteiger partial charge in [-0.15, -0.1) is 0 Å². The molecule has 7 heteroatoms. The Labute approximate surface area is 306 Å². The molecular weight excluding hydrogens is 653 g/mol. The highest BCUT2D eigenvalue weighted by Gasteiger charge is 2.20. The number of aromatic nitrogens is 6. The van der Waals surface area contributed by atoms with Gasteiger partial charge in [-0.05, 0) is 130 Å². The molecule has 256 valence electrons. The predicted octanol–water partition coefficient (Wildman–Crippen LogP) is 11.4. The number of benzene rings is 4. The smallest absolute Gasteiger partial charge is 0.147 e. The summed E-state index contributed by atoms with van der Waals surface area (Å²) in [5, 5.41) is 5.14. The standard InChI is InChI=1S/C46H36N6O/c1-25-17-27(3)41(28(4)18-25)38-24-51-44-35(9-7-16-48-44)33-13-11-31(21-36(33)46(51)50-38)53-32-12-14-34-37(22-32)45-49-23-40(42-29(5)19-26(2)20-30(42)6)52(45)39-10-8-15-47-43(34)39/h7-24H,1-6H3. The number of fused-ring (bicyclic) bond motifs is 12. The Balaban J connectivity index is 1.15. The van der Waals surface area contributed by atoms with Crippen LogP contribution < -0.4 is 4.74 Å². The van der Waals surface area contributed by atoms with Gasteiger partial charge in [0, 0.05) is 51.3 Å². The first-order valence-electron chi connectivity index (χ1n) is 18.0. The molecule has 53 heavy (non-hydrogen) atoms. The van der Waals surface area contributed by atoms with Gasteiger partial charge in [-0.3, -0.25) is 13.8 Å². The van der Waals surface area contributed by atoms with Crippen molar-refractivity contribution in [1.29, 1.82) is 0 Å². The summed E-state index contributed by atoms with van der Waals surface area (Å²) in [4.78, 5) is 20.0. The summed E-state index contributed by atoms with van der Waals surface area (Å²) >= 11 is 0. The molecule has 0 radical (unpaired) electrons. The Morgan fingerprint density at radius 2 is 1.15 bits per heavy atom. The fourth-order valence-electron chi connectivity index (χ4n) is 8.69. The number of nitrogens with zero attached hydrogens (tertiary/aromatic N) is 6. The van der Waals surface area contributed by atoms with Crippen LogP contribution in [0.15, 0.2) is 110 Å². The SMILES string of the molecule is Cc1cc(C)c(-c2cn3c4ncccc4c4ccc(Oc5ccc6c(c5)c5ncc(-c7c(C)cc(C)cc7C)n5c5cccnc65)cc4c3n2)c(C)c1. The van der Waals surface area contributed by atoms with Gasteiger partial charge < -0.3 is 4.74 Å². The number of hydrogen-bond donors (Lipinski definition) is 0. The molecule has 0 aliphatic carbocycles. The van der Waals surface area contributed by atoms with E-state index in [1.807, 2.05) is 42.9 Å². The molecule has 0 aliphatic heterocycles. The zero-order valence-electron chi connectivity index (χ0n) is 30.5. The molecule has 0 fully saturated rings. The van der Waals surface area contributed by atoms with E-state index in [1.165, 1.54) is 38.9 Å². The summed E-state index contributed by atoms with van der Waals surface area (Å²) in [6.45, 7) is 12.9. The fraction of sp³-hybridized carbons (Fsp3) is 0.130. The monoisotopic (exact) mass is 688 g/mol. The van der Waals surface area contributed by atoms with Gasteiger partial charge in [-0.1, -0.05) is 35.4 Å². The van der Waals surface area contributed by atoms with Gasteiger partial charge in [-0.25, -0.2) is 15.0 Å². The zero-order chi connectivity index (χ0) is 36.1. The van der Waals surface area contributed by atoms with E-state index in [0.717, 1.165) is 83.4 Å². The van der Waals surface area contributed by atoms with Crippen LogP contribution in [0, 0.1) is 41.5 Å². The lowest BCUT2D eigenvalue weighted by Gasteiger charge is -2.15. The van der Waals surface area contributed by atoms with Crippen LogP contribution >= 0.6 is 0 Å². The van der Waals surface area contributed by atoms with E-state index >= 15 is 0 Å². The maximum absolute atomic E-state index is 6.69. The fourth-order valence-corrected chi connectivity index (χ4v) is 8.69. The van der Waals surface area contributed by atoms with Crippen molar-refractivity contribution in [3.05, 3.63) is 143 Å². The molecule has 0 bridgehead atoms. The van der Waals surface area contributed by atoms with Crippen LogP contribution in [0.3, 0.4) is 0 Å². The normalized spacial score (nSPS) is 12.0. The molecule has 10 rings (SSSR count). The molecule has 7 nitrogen and oxygen atoms in total. The number of hydrogen-bond acceptors (Lipinski definition) is 5. The minimum Gasteiger partial charge on any atom is -0.457 e. The maximum Gasteiger partial charge on any atom is 0.147 e.